The summed E-state index contributed by atoms with van der Waals surface area (Å²) in [6, 6.07) is 8.68. The van der Waals surface area contributed by atoms with Gasteiger partial charge in [-0.2, -0.15) is 0 Å². The van der Waals surface area contributed by atoms with Crippen molar-refractivity contribution in [2.45, 2.75) is 19.3 Å². The Morgan fingerprint density at radius 3 is 2.36 bits per heavy atom. The van der Waals surface area contributed by atoms with Gasteiger partial charge in [0.2, 0.25) is 0 Å². The van der Waals surface area contributed by atoms with E-state index in [1.54, 1.807) is 11.1 Å². The van der Waals surface area contributed by atoms with E-state index in [-0.39, 0.29) is 0 Å². The average molecular weight is 213 g/mol. The van der Waals surface area contributed by atoms with E-state index in [0.29, 0.717) is 0 Å². The second-order valence-electron chi connectivity index (χ2n) is 2.80. The molecule has 60 valence electrons. The van der Waals surface area contributed by atoms with Crippen LogP contribution in [0.2, 0.25) is 0 Å². The van der Waals surface area contributed by atoms with E-state index in [2.05, 4.69) is 47.1 Å². The van der Waals surface area contributed by atoms with Crippen LogP contribution in [0.4, 0.5) is 0 Å². The van der Waals surface area contributed by atoms with Crippen molar-refractivity contribution < 1.29 is 0 Å². The zero-order valence-electron chi connectivity index (χ0n) is 6.97. The molecule has 0 bridgehead atoms. The smallest absolute Gasteiger partial charge is 0.00848 e. The number of benzene rings is 1. The van der Waals surface area contributed by atoms with E-state index in [1.165, 1.54) is 6.42 Å². The summed E-state index contributed by atoms with van der Waals surface area (Å²) in [6.45, 7) is 2.28. The number of rotatable bonds is 0. The Hall–Kier alpha value is -0.300. The van der Waals surface area contributed by atoms with Gasteiger partial charge in [0.05, 0.1) is 0 Å². The molecular weight excluding hydrogens is 200 g/mol. The zero-order chi connectivity index (χ0) is 8.27. The third kappa shape index (κ3) is 1.64. The molecule has 1 aliphatic rings. The van der Waals surface area contributed by atoms with Crippen molar-refractivity contribution in [3.05, 3.63) is 35.4 Å². The minimum Gasteiger partial charge on any atom is -0.0966 e. The van der Waals surface area contributed by atoms with Crippen LogP contribution in [0.25, 0.3) is 0 Å². The van der Waals surface area contributed by atoms with Gasteiger partial charge in [-0.25, -0.2) is 0 Å². The van der Waals surface area contributed by atoms with Crippen LogP contribution < -0.4 is 0 Å². The summed E-state index contributed by atoms with van der Waals surface area (Å²) >= 11 is 2.94. The van der Waals surface area contributed by atoms with E-state index in [1.807, 2.05) is 5.83 Å². The van der Waals surface area contributed by atoms with Gasteiger partial charge in [0.1, 0.15) is 0 Å². The quantitative estimate of drug-likeness (QED) is 0.579. The number of hydrogen-bond acceptors (Lipinski definition) is 0. The lowest BCUT2D eigenvalue weighted by atomic mass is 9.79. The lowest BCUT2D eigenvalue weighted by Gasteiger charge is -2.25. The SMILES string of the molecule is CBr.CC1Cc2ccccc21. The molecule has 0 radical (unpaired) electrons. The molecule has 11 heavy (non-hydrogen) atoms. The van der Waals surface area contributed by atoms with Gasteiger partial charge in [0.15, 0.2) is 0 Å². The number of hydrogen-bond donors (Lipinski definition) is 0. The average Bonchev–Trinajstić information content (AvgIpc) is 2.07. The van der Waals surface area contributed by atoms with Gasteiger partial charge >= 0.3 is 0 Å². The fourth-order valence-electron chi connectivity index (χ4n) is 1.51. The lowest BCUT2D eigenvalue weighted by molar-refractivity contribution is 0.667. The van der Waals surface area contributed by atoms with Gasteiger partial charge < -0.3 is 0 Å². The topological polar surface area (TPSA) is 0 Å². The second kappa shape index (κ2) is 3.91. The van der Waals surface area contributed by atoms with Crippen molar-refractivity contribution in [2.75, 3.05) is 5.83 Å². The minimum atomic E-state index is 0.821. The molecule has 0 aliphatic heterocycles. The van der Waals surface area contributed by atoms with Crippen LogP contribution in [0, 0.1) is 0 Å². The third-order valence-electron chi connectivity index (χ3n) is 2.11. The fraction of sp³-hybridized carbons (Fsp3) is 0.400. The molecule has 0 saturated heterocycles. The van der Waals surface area contributed by atoms with Crippen molar-refractivity contribution in [1.29, 1.82) is 0 Å². The molecule has 0 amide bonds. The first-order valence-electron chi connectivity index (χ1n) is 3.83. The number of alkyl halides is 1. The summed E-state index contributed by atoms with van der Waals surface area (Å²) in [5.41, 5.74) is 3.10. The molecule has 1 aromatic rings. The van der Waals surface area contributed by atoms with Crippen molar-refractivity contribution in [3.8, 4) is 0 Å². The van der Waals surface area contributed by atoms with Crippen LogP contribution in [0.15, 0.2) is 24.3 Å². The Bertz CT molecular complexity index is 230. The molecule has 1 heteroatoms. The molecule has 1 unspecified atom stereocenters. The largest absolute Gasteiger partial charge is 0.0966 e. The van der Waals surface area contributed by atoms with Crippen molar-refractivity contribution in [3.63, 3.8) is 0 Å². The van der Waals surface area contributed by atoms with Crippen LogP contribution in [-0.4, -0.2) is 5.83 Å². The first-order valence-corrected chi connectivity index (χ1v) is 5.42. The fourth-order valence-corrected chi connectivity index (χ4v) is 1.51. The molecule has 2 rings (SSSR count). The van der Waals surface area contributed by atoms with E-state index in [0.717, 1.165) is 5.92 Å². The second-order valence-corrected chi connectivity index (χ2v) is 2.80. The minimum absolute atomic E-state index is 0.821. The van der Waals surface area contributed by atoms with Crippen LogP contribution >= 0.6 is 15.9 Å². The van der Waals surface area contributed by atoms with Crippen molar-refractivity contribution >= 4 is 15.9 Å². The first-order chi connectivity index (χ1) is 5.38. The Balaban J connectivity index is 0.000000281. The van der Waals surface area contributed by atoms with Gasteiger partial charge in [-0.05, 0) is 29.3 Å². The predicted octanol–water partition coefficient (Wildman–Crippen LogP) is 3.36. The third-order valence-corrected chi connectivity index (χ3v) is 2.11. The van der Waals surface area contributed by atoms with Gasteiger partial charge in [-0.3, -0.25) is 0 Å². The summed E-state index contributed by atoms with van der Waals surface area (Å²) < 4.78 is 0. The monoisotopic (exact) mass is 212 g/mol. The highest BCUT2D eigenvalue weighted by Crippen LogP contribution is 2.33. The van der Waals surface area contributed by atoms with Crippen LogP contribution in [0.3, 0.4) is 0 Å². The molecule has 1 aliphatic carbocycles. The molecule has 0 fully saturated rings. The van der Waals surface area contributed by atoms with E-state index < -0.39 is 0 Å². The van der Waals surface area contributed by atoms with Crippen molar-refractivity contribution in [1.82, 2.24) is 0 Å². The molecular formula is C10H13Br. The standard InChI is InChI=1S/C9H10.CH3Br/c1-7-6-8-4-2-3-5-9(7)8;1-2/h2-5,7H,6H2,1H3;1H3. The first kappa shape index (κ1) is 8.79. The van der Waals surface area contributed by atoms with Crippen LogP contribution in [-0.2, 0) is 6.42 Å². The Morgan fingerprint density at radius 2 is 1.91 bits per heavy atom. The highest BCUT2D eigenvalue weighted by Gasteiger charge is 2.19. The summed E-state index contributed by atoms with van der Waals surface area (Å²) in [7, 11) is 0. The normalized spacial score (nSPS) is 19.0. The van der Waals surface area contributed by atoms with Gasteiger partial charge in [-0.15, -0.1) is 0 Å². The Kier molecular flexibility index (Phi) is 3.13. The van der Waals surface area contributed by atoms with Crippen molar-refractivity contribution in [2.24, 2.45) is 0 Å². The summed E-state index contributed by atoms with van der Waals surface area (Å²) in [6.07, 6.45) is 1.29. The summed E-state index contributed by atoms with van der Waals surface area (Å²) in [4.78, 5) is 0. The van der Waals surface area contributed by atoms with Gasteiger partial charge in [-0.1, -0.05) is 47.1 Å². The Labute approximate surface area is 76.8 Å². The Morgan fingerprint density at radius 1 is 1.27 bits per heavy atom. The molecule has 0 spiro atoms. The number of halogens is 1. The molecule has 1 atom stereocenters. The summed E-state index contributed by atoms with van der Waals surface area (Å²) in [5.74, 6) is 2.63. The lowest BCUT2D eigenvalue weighted by Crippen LogP contribution is -2.12. The highest BCUT2D eigenvalue weighted by molar-refractivity contribution is 9.08. The highest BCUT2D eigenvalue weighted by atomic mass is 79.9. The van der Waals surface area contributed by atoms with E-state index in [4.69, 9.17) is 0 Å². The molecule has 1 aromatic carbocycles. The summed E-state index contributed by atoms with van der Waals surface area (Å²) in [5, 5.41) is 0. The van der Waals surface area contributed by atoms with Gasteiger partial charge in [0.25, 0.3) is 0 Å². The van der Waals surface area contributed by atoms with Crippen LogP contribution in [0.5, 0.6) is 0 Å². The maximum absolute atomic E-state index is 2.94. The number of fused-ring (bicyclic) bond motifs is 1. The maximum atomic E-state index is 2.94. The molecule has 0 nitrogen and oxygen atoms in total. The molecule has 0 N–H and O–H groups in total. The van der Waals surface area contributed by atoms with Crippen LogP contribution in [0.1, 0.15) is 24.0 Å². The maximum Gasteiger partial charge on any atom is -0.00848 e. The van der Waals surface area contributed by atoms with E-state index in [9.17, 15) is 0 Å². The van der Waals surface area contributed by atoms with E-state index >= 15 is 0 Å². The van der Waals surface area contributed by atoms with Gasteiger partial charge in [0, 0.05) is 0 Å². The molecule has 0 saturated carbocycles. The predicted molar refractivity (Wildman–Crippen MR) is 53.4 cm³/mol. The zero-order valence-corrected chi connectivity index (χ0v) is 8.56. The molecule has 0 aromatic heterocycles. The molecule has 0 heterocycles.